The fourth-order valence-corrected chi connectivity index (χ4v) is 1.68. The Morgan fingerprint density at radius 1 is 1.25 bits per heavy atom. The van der Waals surface area contributed by atoms with Crippen LogP contribution in [0.15, 0.2) is 30.4 Å². The number of carboxylic acids is 1. The number of aromatic hydroxyl groups is 2. The van der Waals surface area contributed by atoms with Crippen LogP contribution in [0.5, 0.6) is 11.5 Å². The Kier molecular flexibility index (Phi) is 4.74. The summed E-state index contributed by atoms with van der Waals surface area (Å²) in [5, 5.41) is 30.3. The van der Waals surface area contributed by atoms with Gasteiger partial charge in [-0.3, -0.25) is 4.79 Å². The molecule has 0 aromatic heterocycles. The normalized spacial score (nSPS) is 13.3. The monoisotopic (exact) mass is 279 g/mol. The molecule has 0 radical (unpaired) electrons. The van der Waals surface area contributed by atoms with Crippen molar-refractivity contribution in [2.24, 2.45) is 0 Å². The van der Waals surface area contributed by atoms with Crippen LogP contribution in [-0.4, -0.2) is 33.2 Å². The number of nitrogens with one attached hydrogen (secondary N) is 1. The van der Waals surface area contributed by atoms with Crippen molar-refractivity contribution in [1.29, 1.82) is 0 Å². The Balaban J connectivity index is 3.02. The van der Waals surface area contributed by atoms with Gasteiger partial charge in [0.1, 0.15) is 6.04 Å². The predicted molar refractivity (Wildman–Crippen MR) is 72.6 cm³/mol. The van der Waals surface area contributed by atoms with E-state index in [2.05, 4.69) is 11.9 Å². The largest absolute Gasteiger partial charge is 0.504 e. The van der Waals surface area contributed by atoms with E-state index in [0.29, 0.717) is 5.56 Å². The minimum absolute atomic E-state index is 0.206. The van der Waals surface area contributed by atoms with Gasteiger partial charge in [-0.05, 0) is 24.6 Å². The molecule has 1 aromatic rings. The number of carboxylic acid groups (broad SMARTS) is 1. The summed E-state index contributed by atoms with van der Waals surface area (Å²) in [6.45, 7) is 6.53. The molecule has 2 unspecified atom stereocenters. The van der Waals surface area contributed by atoms with Crippen molar-refractivity contribution in [1.82, 2.24) is 5.32 Å². The zero-order valence-electron chi connectivity index (χ0n) is 11.3. The topological polar surface area (TPSA) is 107 Å². The zero-order valence-corrected chi connectivity index (χ0v) is 11.3. The third-order valence-corrected chi connectivity index (χ3v) is 2.97. The number of amides is 1. The Labute approximate surface area is 116 Å². The first-order chi connectivity index (χ1) is 9.23. The molecular weight excluding hydrogens is 262 g/mol. The Morgan fingerprint density at radius 3 is 2.30 bits per heavy atom. The van der Waals surface area contributed by atoms with Gasteiger partial charge < -0.3 is 20.6 Å². The lowest BCUT2D eigenvalue weighted by molar-refractivity contribution is -0.141. The summed E-state index contributed by atoms with van der Waals surface area (Å²) in [5.41, 5.74) is 0.687. The van der Waals surface area contributed by atoms with E-state index in [1.54, 1.807) is 6.92 Å². The molecule has 0 spiro atoms. The molecule has 0 aliphatic heterocycles. The van der Waals surface area contributed by atoms with Gasteiger partial charge in [0.15, 0.2) is 11.5 Å². The summed E-state index contributed by atoms with van der Waals surface area (Å²) in [6, 6.07) is 2.86. The molecular formula is C14H17NO5. The van der Waals surface area contributed by atoms with Crippen LogP contribution < -0.4 is 5.32 Å². The lowest BCUT2D eigenvalue weighted by Crippen LogP contribution is -2.44. The second kappa shape index (κ2) is 6.10. The molecule has 108 valence electrons. The first-order valence-corrected chi connectivity index (χ1v) is 5.95. The number of carbonyl (C=O) groups is 2. The van der Waals surface area contributed by atoms with Gasteiger partial charge >= 0.3 is 5.97 Å². The second-order valence-electron chi connectivity index (χ2n) is 4.61. The molecule has 0 bridgehead atoms. The summed E-state index contributed by atoms with van der Waals surface area (Å²) >= 11 is 0. The quantitative estimate of drug-likeness (QED) is 0.481. The first-order valence-electron chi connectivity index (χ1n) is 5.95. The van der Waals surface area contributed by atoms with Gasteiger partial charge in [0, 0.05) is 11.5 Å². The highest BCUT2D eigenvalue weighted by atomic mass is 16.4. The highest BCUT2D eigenvalue weighted by Crippen LogP contribution is 2.30. The maximum Gasteiger partial charge on any atom is 0.326 e. The molecule has 0 saturated carbocycles. The van der Waals surface area contributed by atoms with Crippen LogP contribution in [0.3, 0.4) is 0 Å². The van der Waals surface area contributed by atoms with E-state index >= 15 is 0 Å². The van der Waals surface area contributed by atoms with Crippen molar-refractivity contribution in [3.63, 3.8) is 0 Å². The molecule has 6 heteroatoms. The van der Waals surface area contributed by atoms with E-state index in [1.165, 1.54) is 25.1 Å². The maximum atomic E-state index is 11.6. The minimum atomic E-state index is -1.19. The smallest absolute Gasteiger partial charge is 0.326 e. The molecule has 0 aliphatic rings. The van der Waals surface area contributed by atoms with Gasteiger partial charge in [0.2, 0.25) is 5.91 Å². The molecule has 20 heavy (non-hydrogen) atoms. The molecule has 1 rings (SSSR count). The minimum Gasteiger partial charge on any atom is -0.504 e. The van der Waals surface area contributed by atoms with Crippen LogP contribution in [0.4, 0.5) is 0 Å². The van der Waals surface area contributed by atoms with Crippen molar-refractivity contribution >= 4 is 11.9 Å². The molecule has 1 amide bonds. The summed E-state index contributed by atoms with van der Waals surface area (Å²) in [7, 11) is 0. The van der Waals surface area contributed by atoms with Crippen molar-refractivity contribution in [3.05, 3.63) is 35.9 Å². The Hall–Kier alpha value is -2.50. The second-order valence-corrected chi connectivity index (χ2v) is 4.61. The zero-order chi connectivity index (χ0) is 15.4. The molecule has 2 atom stereocenters. The summed E-state index contributed by atoms with van der Waals surface area (Å²) in [5.74, 6) is -2.97. The van der Waals surface area contributed by atoms with Gasteiger partial charge in [-0.15, -0.1) is 0 Å². The van der Waals surface area contributed by atoms with Crippen molar-refractivity contribution in [2.75, 3.05) is 0 Å². The number of aliphatic carboxylic acids is 1. The van der Waals surface area contributed by atoms with E-state index in [4.69, 9.17) is 0 Å². The number of rotatable bonds is 5. The number of phenols is 2. The number of hydrogen-bond donors (Lipinski definition) is 4. The van der Waals surface area contributed by atoms with E-state index < -0.39 is 23.8 Å². The van der Waals surface area contributed by atoms with Crippen LogP contribution in [0.25, 0.3) is 0 Å². The van der Waals surface area contributed by atoms with E-state index in [1.807, 2.05) is 0 Å². The molecule has 6 nitrogen and oxygen atoms in total. The van der Waals surface area contributed by atoms with E-state index in [0.717, 1.165) is 0 Å². The maximum absolute atomic E-state index is 11.6. The molecule has 4 N–H and O–H groups in total. The Bertz CT molecular complexity index is 552. The van der Waals surface area contributed by atoms with Crippen LogP contribution in [0, 0.1) is 0 Å². The van der Waals surface area contributed by atoms with Gasteiger partial charge in [-0.2, -0.15) is 0 Å². The molecule has 0 heterocycles. The van der Waals surface area contributed by atoms with Crippen molar-refractivity contribution in [2.45, 2.75) is 25.8 Å². The SMILES string of the molecule is C=C(C)C(=O)NC(C(=O)O)C(C)c1ccc(O)c(O)c1. The van der Waals surface area contributed by atoms with Crippen LogP contribution in [0.2, 0.25) is 0 Å². The van der Waals surface area contributed by atoms with Crippen LogP contribution in [0.1, 0.15) is 25.3 Å². The number of benzene rings is 1. The third kappa shape index (κ3) is 3.50. The van der Waals surface area contributed by atoms with E-state index in [9.17, 15) is 24.9 Å². The lowest BCUT2D eigenvalue weighted by Gasteiger charge is -2.22. The standard InChI is InChI=1S/C14H17NO5/c1-7(2)13(18)15-12(14(19)20)8(3)9-4-5-10(16)11(17)6-9/h4-6,8,12,16-17H,1H2,2-3H3,(H,15,18)(H,19,20). The molecule has 0 saturated heterocycles. The first kappa shape index (κ1) is 15.6. The third-order valence-electron chi connectivity index (χ3n) is 2.97. The number of phenolic OH excluding ortho intramolecular Hbond substituents is 2. The number of carbonyl (C=O) groups excluding carboxylic acids is 1. The summed E-state index contributed by atoms with van der Waals surface area (Å²) < 4.78 is 0. The summed E-state index contributed by atoms with van der Waals surface area (Å²) in [4.78, 5) is 22.8. The number of hydrogen-bond acceptors (Lipinski definition) is 4. The average Bonchev–Trinajstić information content (AvgIpc) is 2.37. The molecule has 0 fully saturated rings. The Morgan fingerprint density at radius 2 is 1.85 bits per heavy atom. The lowest BCUT2D eigenvalue weighted by atomic mass is 9.92. The van der Waals surface area contributed by atoms with Gasteiger partial charge in [-0.25, -0.2) is 4.79 Å². The summed E-state index contributed by atoms with van der Waals surface area (Å²) in [6.07, 6.45) is 0. The van der Waals surface area contributed by atoms with Gasteiger partial charge in [0.05, 0.1) is 0 Å². The van der Waals surface area contributed by atoms with Crippen LogP contribution in [-0.2, 0) is 9.59 Å². The van der Waals surface area contributed by atoms with E-state index in [-0.39, 0.29) is 17.1 Å². The van der Waals surface area contributed by atoms with Crippen molar-refractivity contribution < 1.29 is 24.9 Å². The fraction of sp³-hybridized carbons (Fsp3) is 0.286. The molecule has 1 aromatic carbocycles. The predicted octanol–water partition coefficient (Wildman–Crippen LogP) is 1.35. The fourth-order valence-electron chi connectivity index (χ4n) is 1.68. The highest BCUT2D eigenvalue weighted by Gasteiger charge is 2.28. The van der Waals surface area contributed by atoms with Crippen LogP contribution >= 0.6 is 0 Å². The van der Waals surface area contributed by atoms with Gasteiger partial charge in [0.25, 0.3) is 0 Å². The van der Waals surface area contributed by atoms with Crippen molar-refractivity contribution in [3.8, 4) is 11.5 Å². The van der Waals surface area contributed by atoms with Gasteiger partial charge in [-0.1, -0.05) is 19.6 Å². The molecule has 0 aliphatic carbocycles. The average molecular weight is 279 g/mol. The highest BCUT2D eigenvalue weighted by molar-refractivity contribution is 5.95.